The molecule has 8 heteroatoms. The smallest absolute Gasteiger partial charge is 0.338 e. The van der Waals surface area contributed by atoms with Gasteiger partial charge in [-0.1, -0.05) is 29.5 Å². The van der Waals surface area contributed by atoms with Gasteiger partial charge in [0.1, 0.15) is 11.8 Å². The number of fused-ring (bicyclic) bond motifs is 1. The van der Waals surface area contributed by atoms with Crippen molar-refractivity contribution in [3.05, 3.63) is 83.2 Å². The summed E-state index contributed by atoms with van der Waals surface area (Å²) in [6.07, 6.45) is 1.94. The fraction of sp³-hybridized carbons (Fsp3) is 0.292. The Morgan fingerprint density at radius 3 is 2.62 bits per heavy atom. The van der Waals surface area contributed by atoms with Gasteiger partial charge in [-0.2, -0.15) is 0 Å². The molecule has 2 aromatic heterocycles. The van der Waals surface area contributed by atoms with Crippen molar-refractivity contribution >= 4 is 34.7 Å². The van der Waals surface area contributed by atoms with Crippen LogP contribution in [0.2, 0.25) is 0 Å². The van der Waals surface area contributed by atoms with E-state index in [4.69, 9.17) is 9.47 Å². The molecular weight excluding hydrogens is 444 g/mol. The fourth-order valence-electron chi connectivity index (χ4n) is 3.57. The zero-order chi connectivity index (χ0) is 22.8. The Hall–Kier alpha value is -2.97. The molecule has 0 fully saturated rings. The zero-order valence-corrected chi connectivity index (χ0v) is 20.0. The molecule has 0 saturated carbocycles. The van der Waals surface area contributed by atoms with Gasteiger partial charge in [0, 0.05) is 4.88 Å². The van der Waals surface area contributed by atoms with Crippen molar-refractivity contribution in [2.45, 2.75) is 39.8 Å². The average Bonchev–Trinajstić information content (AvgIpc) is 3.37. The molecule has 3 heterocycles. The first kappa shape index (κ1) is 22.2. The highest BCUT2D eigenvalue weighted by Crippen LogP contribution is 2.33. The minimum atomic E-state index is -0.547. The van der Waals surface area contributed by atoms with Crippen LogP contribution >= 0.6 is 22.7 Å². The normalized spacial score (nSPS) is 16.2. The molecule has 4 rings (SSSR count). The van der Waals surface area contributed by atoms with Crippen molar-refractivity contribution in [2.24, 2.45) is 4.99 Å². The molecule has 0 N–H and O–H groups in total. The second-order valence-electron chi connectivity index (χ2n) is 7.55. The number of thiophene rings is 1. The molecule has 0 saturated heterocycles. The first-order valence-electron chi connectivity index (χ1n) is 10.4. The third kappa shape index (κ3) is 4.33. The van der Waals surface area contributed by atoms with E-state index >= 15 is 0 Å². The molecule has 3 aromatic rings. The molecule has 1 aliphatic rings. The van der Waals surface area contributed by atoms with Crippen molar-refractivity contribution in [1.29, 1.82) is 0 Å². The van der Waals surface area contributed by atoms with E-state index in [9.17, 15) is 9.59 Å². The number of nitrogens with zero attached hydrogens (tertiary/aromatic N) is 2. The van der Waals surface area contributed by atoms with Gasteiger partial charge in [-0.25, -0.2) is 9.79 Å². The van der Waals surface area contributed by atoms with Crippen molar-refractivity contribution in [1.82, 2.24) is 4.57 Å². The van der Waals surface area contributed by atoms with Crippen LogP contribution in [0.1, 0.15) is 44.2 Å². The number of carbonyl (C=O) groups is 1. The maximum Gasteiger partial charge on any atom is 0.338 e. The van der Waals surface area contributed by atoms with Gasteiger partial charge < -0.3 is 9.47 Å². The zero-order valence-electron chi connectivity index (χ0n) is 18.3. The summed E-state index contributed by atoms with van der Waals surface area (Å²) in [4.78, 5) is 32.3. The maximum atomic E-state index is 13.5. The molecule has 0 unspecified atom stereocenters. The Morgan fingerprint density at radius 1 is 1.25 bits per heavy atom. The quantitative estimate of drug-likeness (QED) is 0.518. The standard InChI is InChI=1S/C24H24N2O4S2/c1-5-29-23(28)20-15(4)25-24-26(21(20)18-7-6-12-31-18)22(27)19(32-24)13-16-8-10-17(11-9-16)30-14(2)3/h6-14,21H,5H2,1-4H3/b19-13-/t21-/m1/s1. The van der Waals surface area contributed by atoms with E-state index in [1.807, 2.05) is 61.7 Å². The van der Waals surface area contributed by atoms with Crippen molar-refractivity contribution < 1.29 is 14.3 Å². The number of rotatable bonds is 6. The number of aromatic nitrogens is 1. The molecule has 1 aromatic carbocycles. The van der Waals surface area contributed by atoms with Gasteiger partial charge in [0.25, 0.3) is 5.56 Å². The van der Waals surface area contributed by atoms with Gasteiger partial charge in [-0.15, -0.1) is 11.3 Å². The summed E-state index contributed by atoms with van der Waals surface area (Å²) >= 11 is 2.82. The lowest BCUT2D eigenvalue weighted by Crippen LogP contribution is -2.39. The molecule has 0 bridgehead atoms. The van der Waals surface area contributed by atoms with Gasteiger partial charge >= 0.3 is 5.97 Å². The number of ether oxygens (including phenoxy) is 2. The summed E-state index contributed by atoms with van der Waals surface area (Å²) in [7, 11) is 0. The topological polar surface area (TPSA) is 69.9 Å². The van der Waals surface area contributed by atoms with E-state index in [-0.39, 0.29) is 18.3 Å². The SMILES string of the molecule is CCOC(=O)C1=C(C)N=c2s/c(=C\c3ccc(OC(C)C)cc3)c(=O)n2[C@@H]1c1cccs1. The van der Waals surface area contributed by atoms with E-state index in [1.165, 1.54) is 22.7 Å². The number of esters is 1. The highest BCUT2D eigenvalue weighted by atomic mass is 32.1. The van der Waals surface area contributed by atoms with Gasteiger partial charge in [0.2, 0.25) is 0 Å². The Morgan fingerprint density at radius 2 is 2.00 bits per heavy atom. The molecule has 166 valence electrons. The van der Waals surface area contributed by atoms with E-state index < -0.39 is 12.0 Å². The molecule has 0 aliphatic carbocycles. The highest BCUT2D eigenvalue weighted by molar-refractivity contribution is 7.10. The van der Waals surface area contributed by atoms with Gasteiger partial charge in [-0.3, -0.25) is 9.36 Å². The highest BCUT2D eigenvalue weighted by Gasteiger charge is 2.33. The fourth-order valence-corrected chi connectivity index (χ4v) is 5.44. The number of hydrogen-bond acceptors (Lipinski definition) is 7. The first-order valence-corrected chi connectivity index (χ1v) is 12.1. The number of hydrogen-bond donors (Lipinski definition) is 0. The molecule has 0 spiro atoms. The number of allylic oxidation sites excluding steroid dienone is 1. The predicted molar refractivity (Wildman–Crippen MR) is 127 cm³/mol. The summed E-state index contributed by atoms with van der Waals surface area (Å²) in [5, 5.41) is 1.93. The Kier molecular flexibility index (Phi) is 6.43. The lowest BCUT2D eigenvalue weighted by molar-refractivity contribution is -0.139. The minimum absolute atomic E-state index is 0.0959. The van der Waals surface area contributed by atoms with Crippen LogP contribution < -0.4 is 19.6 Å². The van der Waals surface area contributed by atoms with Crippen LogP contribution in [0.25, 0.3) is 6.08 Å². The first-order chi connectivity index (χ1) is 15.4. The molecule has 1 atom stereocenters. The summed E-state index contributed by atoms with van der Waals surface area (Å²) in [5.41, 5.74) is 1.69. The van der Waals surface area contributed by atoms with E-state index in [0.29, 0.717) is 20.6 Å². The number of benzene rings is 1. The van der Waals surface area contributed by atoms with Crippen molar-refractivity contribution in [3.8, 4) is 5.75 Å². The average molecular weight is 469 g/mol. The van der Waals surface area contributed by atoms with Crippen LogP contribution in [-0.4, -0.2) is 23.2 Å². The van der Waals surface area contributed by atoms with Crippen LogP contribution in [0.15, 0.2) is 62.8 Å². The molecule has 0 radical (unpaired) electrons. The van der Waals surface area contributed by atoms with Crippen LogP contribution in [0.3, 0.4) is 0 Å². The molecule has 6 nitrogen and oxygen atoms in total. The monoisotopic (exact) mass is 468 g/mol. The Labute approximate surface area is 193 Å². The third-order valence-corrected chi connectivity index (χ3v) is 6.79. The van der Waals surface area contributed by atoms with Crippen LogP contribution in [0, 0.1) is 0 Å². The molecule has 32 heavy (non-hydrogen) atoms. The Bertz CT molecular complexity index is 1330. The van der Waals surface area contributed by atoms with E-state index in [0.717, 1.165) is 16.2 Å². The second-order valence-corrected chi connectivity index (χ2v) is 9.54. The van der Waals surface area contributed by atoms with Gasteiger partial charge in [-0.05, 0) is 62.9 Å². The maximum absolute atomic E-state index is 13.5. The van der Waals surface area contributed by atoms with E-state index in [1.54, 1.807) is 18.4 Å². The lowest BCUT2D eigenvalue weighted by atomic mass is 10.0. The molecule has 1 aliphatic heterocycles. The van der Waals surface area contributed by atoms with Crippen LogP contribution in [0.4, 0.5) is 0 Å². The largest absolute Gasteiger partial charge is 0.491 e. The van der Waals surface area contributed by atoms with Crippen molar-refractivity contribution in [2.75, 3.05) is 6.61 Å². The summed E-state index contributed by atoms with van der Waals surface area (Å²) in [6, 6.07) is 10.9. The van der Waals surface area contributed by atoms with Crippen LogP contribution in [-0.2, 0) is 9.53 Å². The molecular formula is C24H24N2O4S2. The molecule has 0 amide bonds. The number of carbonyl (C=O) groups excluding carboxylic acids is 1. The summed E-state index contributed by atoms with van der Waals surface area (Å²) < 4.78 is 13.1. The second kappa shape index (κ2) is 9.26. The Balaban J connectivity index is 1.82. The van der Waals surface area contributed by atoms with Gasteiger partial charge in [0.15, 0.2) is 4.80 Å². The van der Waals surface area contributed by atoms with Crippen molar-refractivity contribution in [3.63, 3.8) is 0 Å². The minimum Gasteiger partial charge on any atom is -0.491 e. The van der Waals surface area contributed by atoms with Crippen LogP contribution in [0.5, 0.6) is 5.75 Å². The van der Waals surface area contributed by atoms with Gasteiger partial charge in [0.05, 0.1) is 28.5 Å². The lowest BCUT2D eigenvalue weighted by Gasteiger charge is -2.23. The summed E-state index contributed by atoms with van der Waals surface area (Å²) in [6.45, 7) is 7.77. The van der Waals surface area contributed by atoms with E-state index in [2.05, 4.69) is 4.99 Å². The predicted octanol–water partition coefficient (Wildman–Crippen LogP) is 3.65. The number of thiazole rings is 1. The third-order valence-electron chi connectivity index (χ3n) is 4.88. The summed E-state index contributed by atoms with van der Waals surface area (Å²) in [5.74, 6) is 0.341.